The minimum atomic E-state index is 0.00322. The Morgan fingerprint density at radius 3 is 2.64 bits per heavy atom. The Morgan fingerprint density at radius 1 is 0.939 bits per heavy atom. The van der Waals surface area contributed by atoms with Gasteiger partial charge in [0, 0.05) is 53.5 Å². The summed E-state index contributed by atoms with van der Waals surface area (Å²) >= 11 is 6.33. The molecule has 4 heterocycles. The summed E-state index contributed by atoms with van der Waals surface area (Å²) in [6.45, 7) is 2.96. The Hall–Kier alpha value is -3.15. The highest BCUT2D eigenvalue weighted by molar-refractivity contribution is 6.37. The molecule has 2 bridgehead atoms. The number of carbonyl (C=O) groups is 1. The van der Waals surface area contributed by atoms with E-state index in [1.807, 2.05) is 70.1 Å². The van der Waals surface area contributed by atoms with Crippen molar-refractivity contribution < 1.29 is 4.79 Å². The number of pyridine rings is 1. The van der Waals surface area contributed by atoms with Gasteiger partial charge in [0.15, 0.2) is 0 Å². The molecule has 5 nitrogen and oxygen atoms in total. The molecule has 3 aromatic rings. The summed E-state index contributed by atoms with van der Waals surface area (Å²) in [5, 5.41) is 0.622. The van der Waals surface area contributed by atoms with Crippen LogP contribution in [-0.2, 0) is 11.3 Å². The van der Waals surface area contributed by atoms with Crippen molar-refractivity contribution in [3.05, 3.63) is 98.9 Å². The predicted octanol–water partition coefficient (Wildman–Crippen LogP) is 4.47. The topological polar surface area (TPSA) is 45.6 Å². The number of anilines is 1. The molecule has 0 N–H and O–H groups in total. The van der Waals surface area contributed by atoms with Crippen LogP contribution in [0, 0.1) is 5.92 Å². The number of fused-ring (bicyclic) bond motifs is 5. The van der Waals surface area contributed by atoms with Crippen LogP contribution in [0.25, 0.3) is 11.6 Å². The summed E-state index contributed by atoms with van der Waals surface area (Å²) in [7, 11) is 0. The number of nitrogens with zero attached hydrogens (tertiary/aromatic N) is 3. The number of aromatic nitrogens is 1. The molecule has 1 fully saturated rings. The van der Waals surface area contributed by atoms with Gasteiger partial charge >= 0.3 is 0 Å². The lowest BCUT2D eigenvalue weighted by atomic mass is 9.83. The highest BCUT2D eigenvalue weighted by Gasteiger charge is 2.38. The normalized spacial score (nSPS) is 23.0. The molecule has 1 amide bonds. The molecule has 0 radical (unpaired) electrons. The number of benzene rings is 2. The maximum Gasteiger partial charge on any atom is 0.260 e. The zero-order chi connectivity index (χ0) is 22.5. The van der Waals surface area contributed by atoms with E-state index in [2.05, 4.69) is 11.0 Å². The maximum absolute atomic E-state index is 13.6. The van der Waals surface area contributed by atoms with Crippen molar-refractivity contribution in [1.29, 1.82) is 0 Å². The zero-order valence-electron chi connectivity index (χ0n) is 18.2. The molecule has 166 valence electrons. The van der Waals surface area contributed by atoms with Crippen molar-refractivity contribution >= 4 is 34.8 Å². The van der Waals surface area contributed by atoms with E-state index in [0.29, 0.717) is 29.1 Å². The standard InChI is InChI=1S/C27H24ClN3O2/c28-21-9-10-22-23(12-18-5-2-1-3-6-18)27(33)31(25(22)13-21)17-29-14-19-11-20(16-29)24-7-4-8-26(32)30(24)15-19/h1-10,12-13,19-20H,11,14-17H2/t19-,20+/m1/s1. The Morgan fingerprint density at radius 2 is 1.79 bits per heavy atom. The summed E-state index contributed by atoms with van der Waals surface area (Å²) in [5.74, 6) is 0.720. The number of rotatable bonds is 3. The van der Waals surface area contributed by atoms with E-state index < -0.39 is 0 Å². The quantitative estimate of drug-likeness (QED) is 0.545. The first-order valence-corrected chi connectivity index (χ1v) is 11.8. The van der Waals surface area contributed by atoms with Crippen LogP contribution in [0.15, 0.2) is 71.5 Å². The third-order valence-corrected chi connectivity index (χ3v) is 7.26. The van der Waals surface area contributed by atoms with Crippen molar-refractivity contribution in [2.24, 2.45) is 5.92 Å². The number of carbonyl (C=O) groups excluding carboxylic acids is 1. The number of amides is 1. The van der Waals surface area contributed by atoms with Crippen LogP contribution in [-0.4, -0.2) is 35.1 Å². The second kappa shape index (κ2) is 8.01. The van der Waals surface area contributed by atoms with Gasteiger partial charge in [0.25, 0.3) is 11.5 Å². The lowest BCUT2D eigenvalue weighted by Crippen LogP contribution is -2.50. The number of likely N-dealkylation sites (tertiary alicyclic amines) is 1. The molecule has 3 aliphatic heterocycles. The molecule has 3 aliphatic rings. The summed E-state index contributed by atoms with van der Waals surface area (Å²) in [4.78, 5) is 30.1. The van der Waals surface area contributed by atoms with Gasteiger partial charge < -0.3 is 4.57 Å². The van der Waals surface area contributed by atoms with E-state index in [4.69, 9.17) is 11.6 Å². The first kappa shape index (κ1) is 20.5. The van der Waals surface area contributed by atoms with Crippen LogP contribution in [0.1, 0.15) is 29.2 Å². The fraction of sp³-hybridized carbons (Fsp3) is 0.259. The van der Waals surface area contributed by atoms with Gasteiger partial charge in [-0.2, -0.15) is 0 Å². The van der Waals surface area contributed by atoms with Crippen molar-refractivity contribution in [1.82, 2.24) is 9.47 Å². The van der Waals surface area contributed by atoms with E-state index in [-0.39, 0.29) is 11.5 Å². The predicted molar refractivity (Wildman–Crippen MR) is 131 cm³/mol. The lowest BCUT2D eigenvalue weighted by molar-refractivity contribution is -0.113. The SMILES string of the molecule is O=C1C(=Cc2ccccc2)c2ccc(Cl)cc2N1CN1C[C@H]2C[C@@H](C1)c1cccc(=O)n1C2. The number of hydrogen-bond acceptors (Lipinski definition) is 3. The molecule has 0 spiro atoms. The first-order chi connectivity index (χ1) is 16.1. The van der Waals surface area contributed by atoms with Crippen molar-refractivity contribution in [2.45, 2.75) is 18.9 Å². The fourth-order valence-corrected chi connectivity index (χ4v) is 5.80. The van der Waals surface area contributed by atoms with Gasteiger partial charge in [0.1, 0.15) is 0 Å². The van der Waals surface area contributed by atoms with Gasteiger partial charge in [0.2, 0.25) is 0 Å². The van der Waals surface area contributed by atoms with Crippen LogP contribution in [0.5, 0.6) is 0 Å². The molecule has 2 atom stereocenters. The number of piperidine rings is 1. The van der Waals surface area contributed by atoms with Gasteiger partial charge in [-0.15, -0.1) is 0 Å². The Labute approximate surface area is 197 Å². The summed E-state index contributed by atoms with van der Waals surface area (Å²) in [6, 6.07) is 21.2. The molecule has 2 aromatic carbocycles. The third-order valence-electron chi connectivity index (χ3n) is 7.02. The summed E-state index contributed by atoms with van der Waals surface area (Å²) in [5.41, 5.74) is 4.68. The third kappa shape index (κ3) is 3.62. The molecular formula is C27H24ClN3O2. The molecule has 6 heteroatoms. The lowest BCUT2D eigenvalue weighted by Gasteiger charge is -2.43. The van der Waals surface area contributed by atoms with Crippen molar-refractivity contribution in [3.63, 3.8) is 0 Å². The maximum atomic E-state index is 13.6. The average molecular weight is 458 g/mol. The van der Waals surface area contributed by atoms with Crippen molar-refractivity contribution in [2.75, 3.05) is 24.7 Å². The average Bonchev–Trinajstić information content (AvgIpc) is 3.06. The second-order valence-corrected chi connectivity index (χ2v) is 9.68. The highest BCUT2D eigenvalue weighted by atomic mass is 35.5. The molecule has 33 heavy (non-hydrogen) atoms. The van der Waals surface area contributed by atoms with Gasteiger partial charge in [-0.25, -0.2) is 0 Å². The fourth-order valence-electron chi connectivity index (χ4n) is 5.63. The summed E-state index contributed by atoms with van der Waals surface area (Å²) < 4.78 is 1.94. The van der Waals surface area contributed by atoms with Crippen LogP contribution in [0.3, 0.4) is 0 Å². The second-order valence-electron chi connectivity index (χ2n) is 9.24. The highest BCUT2D eigenvalue weighted by Crippen LogP contribution is 2.41. The molecular weight excluding hydrogens is 434 g/mol. The molecule has 0 unspecified atom stereocenters. The molecule has 1 aromatic heterocycles. The van der Waals surface area contributed by atoms with Gasteiger partial charge in [-0.3, -0.25) is 19.4 Å². The Balaban J connectivity index is 1.31. The summed E-state index contributed by atoms with van der Waals surface area (Å²) in [6.07, 6.45) is 3.05. The Bertz CT molecular complexity index is 1330. The van der Waals surface area contributed by atoms with Gasteiger partial charge in [-0.1, -0.05) is 54.1 Å². The molecule has 6 rings (SSSR count). The monoisotopic (exact) mass is 457 g/mol. The molecule has 0 saturated carbocycles. The minimum absolute atomic E-state index is 0.00322. The molecule has 0 aliphatic carbocycles. The van der Waals surface area contributed by atoms with Crippen LogP contribution < -0.4 is 10.5 Å². The van der Waals surface area contributed by atoms with Gasteiger partial charge in [0.05, 0.1) is 12.4 Å². The van der Waals surface area contributed by atoms with Crippen LogP contribution in [0.4, 0.5) is 5.69 Å². The Kier molecular flexibility index (Phi) is 4.97. The van der Waals surface area contributed by atoms with E-state index in [9.17, 15) is 9.59 Å². The first-order valence-electron chi connectivity index (χ1n) is 11.4. The van der Waals surface area contributed by atoms with E-state index >= 15 is 0 Å². The van der Waals surface area contributed by atoms with E-state index in [1.54, 1.807) is 6.07 Å². The zero-order valence-corrected chi connectivity index (χ0v) is 18.9. The number of hydrogen-bond donors (Lipinski definition) is 0. The van der Waals surface area contributed by atoms with Crippen molar-refractivity contribution in [3.8, 4) is 0 Å². The van der Waals surface area contributed by atoms with Crippen LogP contribution >= 0.6 is 11.6 Å². The number of halogens is 1. The van der Waals surface area contributed by atoms with E-state index in [1.165, 1.54) is 0 Å². The minimum Gasteiger partial charge on any atom is -0.312 e. The largest absolute Gasteiger partial charge is 0.312 e. The van der Waals surface area contributed by atoms with E-state index in [0.717, 1.165) is 48.6 Å². The molecule has 1 saturated heterocycles. The van der Waals surface area contributed by atoms with Crippen LogP contribution in [0.2, 0.25) is 5.02 Å². The van der Waals surface area contributed by atoms with Gasteiger partial charge in [-0.05, 0) is 42.2 Å². The smallest absolute Gasteiger partial charge is 0.260 e.